The van der Waals surface area contributed by atoms with Gasteiger partial charge in [0.2, 0.25) is 0 Å². The molecule has 0 amide bonds. The Labute approximate surface area is 119 Å². The minimum atomic E-state index is 0.420. The molecule has 0 saturated carbocycles. The second-order valence-corrected chi connectivity index (χ2v) is 5.14. The standard InChI is InChI=1S/C16H19N3O/c1-11-9-14(13-5-3-4-6-15(13)20-2)19-16(18-11)12-7-8-17-10-12/h3-6,9,12,17H,7-8,10H2,1-2H3. The molecule has 1 fully saturated rings. The van der Waals surface area contributed by atoms with Crippen LogP contribution in [0.15, 0.2) is 30.3 Å². The molecular formula is C16H19N3O. The lowest BCUT2D eigenvalue weighted by molar-refractivity contribution is 0.416. The predicted molar refractivity (Wildman–Crippen MR) is 79.0 cm³/mol. The lowest BCUT2D eigenvalue weighted by Gasteiger charge is -2.12. The van der Waals surface area contributed by atoms with Gasteiger partial charge in [-0.25, -0.2) is 9.97 Å². The summed E-state index contributed by atoms with van der Waals surface area (Å²) in [6.45, 7) is 4.03. The van der Waals surface area contributed by atoms with E-state index in [0.29, 0.717) is 5.92 Å². The summed E-state index contributed by atoms with van der Waals surface area (Å²) in [6.07, 6.45) is 1.11. The summed E-state index contributed by atoms with van der Waals surface area (Å²) in [5, 5.41) is 3.37. The Morgan fingerprint density at radius 2 is 2.10 bits per heavy atom. The molecule has 0 bridgehead atoms. The monoisotopic (exact) mass is 269 g/mol. The van der Waals surface area contributed by atoms with Gasteiger partial charge in [-0.3, -0.25) is 0 Å². The third-order valence-electron chi connectivity index (χ3n) is 3.68. The van der Waals surface area contributed by atoms with Crippen LogP contribution in [0.5, 0.6) is 5.75 Å². The van der Waals surface area contributed by atoms with Crippen molar-refractivity contribution in [2.45, 2.75) is 19.3 Å². The molecular weight excluding hydrogens is 250 g/mol. The summed E-state index contributed by atoms with van der Waals surface area (Å²) in [4.78, 5) is 9.37. The van der Waals surface area contributed by atoms with Gasteiger partial charge in [0.05, 0.1) is 12.8 Å². The Kier molecular flexibility index (Phi) is 3.65. The number of aryl methyl sites for hydroxylation is 1. The van der Waals surface area contributed by atoms with Crippen LogP contribution in [0.2, 0.25) is 0 Å². The second-order valence-electron chi connectivity index (χ2n) is 5.14. The van der Waals surface area contributed by atoms with Crippen LogP contribution in [0.3, 0.4) is 0 Å². The molecule has 1 aliphatic rings. The highest BCUT2D eigenvalue weighted by Crippen LogP contribution is 2.30. The van der Waals surface area contributed by atoms with Crippen molar-refractivity contribution in [1.29, 1.82) is 0 Å². The fraction of sp³-hybridized carbons (Fsp3) is 0.375. The molecule has 2 aromatic rings. The quantitative estimate of drug-likeness (QED) is 0.930. The lowest BCUT2D eigenvalue weighted by Crippen LogP contribution is -2.11. The summed E-state index contributed by atoms with van der Waals surface area (Å²) >= 11 is 0. The van der Waals surface area contributed by atoms with E-state index in [4.69, 9.17) is 9.72 Å². The molecule has 4 heteroatoms. The van der Waals surface area contributed by atoms with E-state index in [0.717, 1.165) is 48.0 Å². The largest absolute Gasteiger partial charge is 0.496 e. The number of rotatable bonds is 3. The summed E-state index contributed by atoms with van der Waals surface area (Å²) in [7, 11) is 1.69. The van der Waals surface area contributed by atoms with E-state index >= 15 is 0 Å². The number of aromatic nitrogens is 2. The number of methoxy groups -OCH3 is 1. The van der Waals surface area contributed by atoms with E-state index in [9.17, 15) is 0 Å². The van der Waals surface area contributed by atoms with Gasteiger partial charge in [-0.1, -0.05) is 12.1 Å². The molecule has 1 N–H and O–H groups in total. The van der Waals surface area contributed by atoms with Crippen molar-refractivity contribution < 1.29 is 4.74 Å². The van der Waals surface area contributed by atoms with Crippen LogP contribution in [0, 0.1) is 6.92 Å². The summed E-state index contributed by atoms with van der Waals surface area (Å²) < 4.78 is 5.43. The number of nitrogens with zero attached hydrogens (tertiary/aromatic N) is 2. The minimum absolute atomic E-state index is 0.420. The maximum absolute atomic E-state index is 5.43. The second kappa shape index (κ2) is 5.59. The highest BCUT2D eigenvalue weighted by atomic mass is 16.5. The zero-order valence-electron chi connectivity index (χ0n) is 11.9. The number of nitrogens with one attached hydrogen (secondary N) is 1. The van der Waals surface area contributed by atoms with Crippen molar-refractivity contribution in [2.24, 2.45) is 0 Å². The van der Waals surface area contributed by atoms with Crippen molar-refractivity contribution in [3.8, 4) is 17.0 Å². The first-order chi connectivity index (χ1) is 9.78. The van der Waals surface area contributed by atoms with Crippen LogP contribution in [0.4, 0.5) is 0 Å². The number of hydrogen-bond donors (Lipinski definition) is 1. The summed E-state index contributed by atoms with van der Waals surface area (Å²) in [6, 6.07) is 9.99. The van der Waals surface area contributed by atoms with Gasteiger partial charge >= 0.3 is 0 Å². The first-order valence-corrected chi connectivity index (χ1v) is 6.97. The number of para-hydroxylation sites is 1. The van der Waals surface area contributed by atoms with Gasteiger partial charge in [-0.05, 0) is 38.1 Å². The molecule has 0 spiro atoms. The molecule has 104 valence electrons. The third-order valence-corrected chi connectivity index (χ3v) is 3.68. The number of hydrogen-bond acceptors (Lipinski definition) is 4. The van der Waals surface area contributed by atoms with E-state index in [1.54, 1.807) is 7.11 Å². The number of benzene rings is 1. The van der Waals surface area contributed by atoms with Crippen molar-refractivity contribution in [3.63, 3.8) is 0 Å². The van der Waals surface area contributed by atoms with Gasteiger partial charge in [-0.2, -0.15) is 0 Å². The molecule has 0 radical (unpaired) electrons. The zero-order chi connectivity index (χ0) is 13.9. The van der Waals surface area contributed by atoms with Crippen LogP contribution in [0.25, 0.3) is 11.3 Å². The topological polar surface area (TPSA) is 47.0 Å². The maximum Gasteiger partial charge on any atom is 0.133 e. The van der Waals surface area contributed by atoms with E-state index < -0.39 is 0 Å². The summed E-state index contributed by atoms with van der Waals surface area (Å²) in [5.74, 6) is 2.21. The Hall–Kier alpha value is -1.94. The Morgan fingerprint density at radius 1 is 1.25 bits per heavy atom. The molecule has 0 aliphatic carbocycles. The zero-order valence-corrected chi connectivity index (χ0v) is 11.9. The molecule has 1 aliphatic heterocycles. The molecule has 1 atom stereocenters. The third kappa shape index (κ3) is 2.51. The number of ether oxygens (including phenoxy) is 1. The van der Waals surface area contributed by atoms with E-state index in [-0.39, 0.29) is 0 Å². The van der Waals surface area contributed by atoms with Gasteiger partial charge in [0.1, 0.15) is 11.6 Å². The molecule has 2 heterocycles. The first-order valence-electron chi connectivity index (χ1n) is 6.97. The van der Waals surface area contributed by atoms with Crippen LogP contribution >= 0.6 is 0 Å². The average Bonchev–Trinajstić information content (AvgIpc) is 3.01. The molecule has 1 aromatic heterocycles. The van der Waals surface area contributed by atoms with Crippen molar-refractivity contribution >= 4 is 0 Å². The van der Waals surface area contributed by atoms with E-state index in [2.05, 4.69) is 10.3 Å². The smallest absolute Gasteiger partial charge is 0.133 e. The van der Waals surface area contributed by atoms with E-state index in [1.165, 1.54) is 0 Å². The van der Waals surface area contributed by atoms with Crippen LogP contribution in [0.1, 0.15) is 23.9 Å². The normalized spacial score (nSPS) is 18.2. The van der Waals surface area contributed by atoms with E-state index in [1.807, 2.05) is 37.3 Å². The maximum atomic E-state index is 5.43. The minimum Gasteiger partial charge on any atom is -0.496 e. The van der Waals surface area contributed by atoms with Gasteiger partial charge in [0, 0.05) is 23.7 Å². The molecule has 1 saturated heterocycles. The van der Waals surface area contributed by atoms with Crippen molar-refractivity contribution in [2.75, 3.05) is 20.2 Å². The fourth-order valence-electron chi connectivity index (χ4n) is 2.64. The molecule has 20 heavy (non-hydrogen) atoms. The van der Waals surface area contributed by atoms with Crippen LogP contribution < -0.4 is 10.1 Å². The lowest BCUT2D eigenvalue weighted by atomic mass is 10.1. The Bertz CT molecular complexity index is 606. The van der Waals surface area contributed by atoms with Gasteiger partial charge in [0.25, 0.3) is 0 Å². The fourth-order valence-corrected chi connectivity index (χ4v) is 2.64. The highest BCUT2D eigenvalue weighted by Gasteiger charge is 2.20. The Balaban J connectivity index is 2.04. The first kappa shape index (κ1) is 13.1. The molecule has 4 nitrogen and oxygen atoms in total. The van der Waals surface area contributed by atoms with Crippen LogP contribution in [-0.2, 0) is 0 Å². The molecule has 3 rings (SSSR count). The Morgan fingerprint density at radius 3 is 2.85 bits per heavy atom. The van der Waals surface area contributed by atoms with Gasteiger partial charge in [-0.15, -0.1) is 0 Å². The molecule has 1 unspecified atom stereocenters. The SMILES string of the molecule is COc1ccccc1-c1cc(C)nc(C2CCNC2)n1. The van der Waals surface area contributed by atoms with Crippen LogP contribution in [-0.4, -0.2) is 30.2 Å². The van der Waals surface area contributed by atoms with Crippen molar-refractivity contribution in [1.82, 2.24) is 15.3 Å². The predicted octanol–water partition coefficient (Wildman–Crippen LogP) is 2.54. The molecule has 1 aromatic carbocycles. The van der Waals surface area contributed by atoms with Crippen molar-refractivity contribution in [3.05, 3.63) is 41.9 Å². The van der Waals surface area contributed by atoms with Gasteiger partial charge in [0.15, 0.2) is 0 Å². The van der Waals surface area contributed by atoms with Gasteiger partial charge < -0.3 is 10.1 Å². The highest BCUT2D eigenvalue weighted by molar-refractivity contribution is 5.67. The average molecular weight is 269 g/mol. The summed E-state index contributed by atoms with van der Waals surface area (Å²) in [5.41, 5.74) is 2.97.